The fraction of sp³-hybridized carbons (Fsp3) is 0.733. The highest BCUT2D eigenvalue weighted by atomic mass is 127. The number of carbonyl (C=O) groups is 1. The number of guanidine groups is 1. The van der Waals surface area contributed by atoms with E-state index in [2.05, 4.69) is 48.2 Å². The highest BCUT2D eigenvalue weighted by molar-refractivity contribution is 14.0. The summed E-state index contributed by atoms with van der Waals surface area (Å²) in [6.45, 7) is 9.87. The zero-order valence-corrected chi connectivity index (χ0v) is 17.6. The molecule has 0 aromatic carbocycles. The van der Waals surface area contributed by atoms with E-state index in [1.807, 2.05) is 21.4 Å². The minimum atomic E-state index is -0.244. The van der Waals surface area contributed by atoms with Gasteiger partial charge < -0.3 is 19.7 Å². The summed E-state index contributed by atoms with van der Waals surface area (Å²) in [4.78, 5) is 20.8. The third-order valence-electron chi connectivity index (χ3n) is 4.06. The molecule has 1 aromatic rings. The van der Waals surface area contributed by atoms with Gasteiger partial charge in [-0.05, 0) is 27.7 Å². The lowest BCUT2D eigenvalue weighted by Crippen LogP contribution is -2.66. The van der Waals surface area contributed by atoms with Crippen LogP contribution in [-0.4, -0.2) is 68.1 Å². The van der Waals surface area contributed by atoms with Gasteiger partial charge in [0.15, 0.2) is 11.8 Å². The van der Waals surface area contributed by atoms with Crippen molar-refractivity contribution in [2.45, 2.75) is 45.8 Å². The number of halogens is 1. The second kappa shape index (κ2) is 8.13. The first-order valence-corrected chi connectivity index (χ1v) is 7.87. The lowest BCUT2D eigenvalue weighted by atomic mass is 9.96. The molecule has 0 aliphatic carbocycles. The van der Waals surface area contributed by atoms with E-state index in [9.17, 15) is 4.79 Å². The van der Waals surface area contributed by atoms with Crippen LogP contribution in [0.15, 0.2) is 11.3 Å². The molecule has 1 aliphatic rings. The van der Waals surface area contributed by atoms with Gasteiger partial charge in [-0.15, -0.1) is 34.2 Å². The van der Waals surface area contributed by atoms with Gasteiger partial charge in [0.25, 0.3) is 0 Å². The maximum Gasteiger partial charge on any atom is 0.242 e. The van der Waals surface area contributed by atoms with Crippen LogP contribution in [0.3, 0.4) is 0 Å². The number of nitrogens with zero attached hydrogens (tertiary/aromatic N) is 6. The molecule has 2 rings (SSSR count). The molecule has 0 bridgehead atoms. The summed E-state index contributed by atoms with van der Waals surface area (Å²) >= 11 is 0. The van der Waals surface area contributed by atoms with Crippen molar-refractivity contribution in [2.24, 2.45) is 12.0 Å². The fourth-order valence-corrected chi connectivity index (χ4v) is 3.27. The average Bonchev–Trinajstić information content (AvgIpc) is 2.82. The van der Waals surface area contributed by atoms with Crippen molar-refractivity contribution in [3.63, 3.8) is 0 Å². The minimum Gasteiger partial charge on any atom is -0.349 e. The Morgan fingerprint density at radius 1 is 1.46 bits per heavy atom. The molecule has 1 amide bonds. The highest BCUT2D eigenvalue weighted by Gasteiger charge is 2.40. The van der Waals surface area contributed by atoms with Crippen LogP contribution in [0, 0.1) is 0 Å². The Kier molecular flexibility index (Phi) is 6.99. The van der Waals surface area contributed by atoms with Gasteiger partial charge in [0.2, 0.25) is 5.91 Å². The first-order chi connectivity index (χ1) is 10.8. The van der Waals surface area contributed by atoms with Gasteiger partial charge in [-0.1, -0.05) is 0 Å². The van der Waals surface area contributed by atoms with Crippen LogP contribution in [0.5, 0.6) is 0 Å². The van der Waals surface area contributed by atoms with E-state index in [1.165, 1.54) is 0 Å². The lowest BCUT2D eigenvalue weighted by molar-refractivity contribution is -0.145. The molecule has 0 atom stereocenters. The normalized spacial score (nSPS) is 18.0. The van der Waals surface area contributed by atoms with Crippen molar-refractivity contribution in [3.8, 4) is 0 Å². The SMILES string of the molecule is CN=C(NCc1nncn1C)N1CC(=O)N(C(C)C)C(C)(C)C1.I. The summed E-state index contributed by atoms with van der Waals surface area (Å²) < 4.78 is 1.85. The lowest BCUT2D eigenvalue weighted by Gasteiger charge is -2.49. The Morgan fingerprint density at radius 2 is 2.12 bits per heavy atom. The molecule has 136 valence electrons. The summed E-state index contributed by atoms with van der Waals surface area (Å²) in [7, 11) is 3.62. The number of hydrogen-bond acceptors (Lipinski definition) is 4. The predicted molar refractivity (Wildman–Crippen MR) is 104 cm³/mol. The Balaban J connectivity index is 0.00000288. The molecule has 0 saturated carbocycles. The van der Waals surface area contributed by atoms with Crippen LogP contribution in [0.25, 0.3) is 0 Å². The van der Waals surface area contributed by atoms with Crippen LogP contribution in [0.1, 0.15) is 33.5 Å². The smallest absolute Gasteiger partial charge is 0.242 e. The molecule has 24 heavy (non-hydrogen) atoms. The second-order valence-electron chi connectivity index (χ2n) is 6.78. The van der Waals surface area contributed by atoms with Crippen LogP contribution in [0.4, 0.5) is 0 Å². The first-order valence-electron chi connectivity index (χ1n) is 7.87. The van der Waals surface area contributed by atoms with E-state index in [4.69, 9.17) is 0 Å². The largest absolute Gasteiger partial charge is 0.349 e. The molecule has 1 fully saturated rings. The van der Waals surface area contributed by atoms with E-state index in [0.717, 1.165) is 12.4 Å². The zero-order chi connectivity index (χ0) is 17.2. The number of piperazine rings is 1. The van der Waals surface area contributed by atoms with Gasteiger partial charge in [-0.2, -0.15) is 0 Å². The third kappa shape index (κ3) is 4.37. The third-order valence-corrected chi connectivity index (χ3v) is 4.06. The van der Waals surface area contributed by atoms with Crippen molar-refractivity contribution in [3.05, 3.63) is 12.2 Å². The van der Waals surface area contributed by atoms with Crippen LogP contribution >= 0.6 is 24.0 Å². The van der Waals surface area contributed by atoms with Gasteiger partial charge in [0.05, 0.1) is 18.6 Å². The van der Waals surface area contributed by atoms with Gasteiger partial charge in [0.1, 0.15) is 6.33 Å². The molecule has 9 heteroatoms. The van der Waals surface area contributed by atoms with Gasteiger partial charge in [0, 0.05) is 26.7 Å². The number of aromatic nitrogens is 3. The molecule has 2 heterocycles. The summed E-state index contributed by atoms with van der Waals surface area (Å²) in [5.74, 6) is 1.65. The first kappa shape index (κ1) is 20.7. The van der Waals surface area contributed by atoms with Crippen LogP contribution in [-0.2, 0) is 18.4 Å². The average molecular weight is 449 g/mol. The summed E-state index contributed by atoms with van der Waals surface area (Å²) in [6.07, 6.45) is 1.66. The second-order valence-corrected chi connectivity index (χ2v) is 6.78. The fourth-order valence-electron chi connectivity index (χ4n) is 3.27. The van der Waals surface area contributed by atoms with Crippen LogP contribution in [0.2, 0.25) is 0 Å². The number of carbonyl (C=O) groups excluding carboxylic acids is 1. The Hall–Kier alpha value is -1.39. The molecule has 8 nitrogen and oxygen atoms in total. The Morgan fingerprint density at radius 3 is 2.58 bits per heavy atom. The topological polar surface area (TPSA) is 78.6 Å². The van der Waals surface area contributed by atoms with Crippen molar-refractivity contribution < 1.29 is 4.79 Å². The summed E-state index contributed by atoms with van der Waals surface area (Å²) in [6, 6.07) is 0.188. The maximum absolute atomic E-state index is 12.5. The molecule has 1 N–H and O–H groups in total. The monoisotopic (exact) mass is 449 g/mol. The Bertz CT molecular complexity index is 596. The molecular weight excluding hydrogens is 421 g/mol. The maximum atomic E-state index is 12.5. The molecule has 0 radical (unpaired) electrons. The van der Waals surface area contributed by atoms with Crippen molar-refractivity contribution >= 4 is 35.8 Å². The number of aliphatic imine (C=N–C) groups is 1. The highest BCUT2D eigenvalue weighted by Crippen LogP contribution is 2.24. The van der Waals surface area contributed by atoms with E-state index in [0.29, 0.717) is 19.0 Å². The summed E-state index contributed by atoms with van der Waals surface area (Å²) in [5, 5.41) is 11.2. The quantitative estimate of drug-likeness (QED) is 0.421. The molecule has 1 saturated heterocycles. The zero-order valence-electron chi connectivity index (χ0n) is 15.3. The van der Waals surface area contributed by atoms with Crippen molar-refractivity contribution in [1.82, 2.24) is 29.9 Å². The standard InChI is InChI=1S/C15H27N7O.HI/c1-11(2)22-13(23)8-21(9-15(22,3)4)14(16-5)17-7-12-19-18-10-20(12)6;/h10-11H,7-9H2,1-6H3,(H,16,17);1H. The number of hydrogen-bond donors (Lipinski definition) is 1. The Labute approximate surface area is 160 Å². The van der Waals surface area contributed by atoms with Crippen molar-refractivity contribution in [1.29, 1.82) is 0 Å². The summed E-state index contributed by atoms with van der Waals surface area (Å²) in [5.41, 5.74) is -0.244. The van der Waals surface area contributed by atoms with Gasteiger partial charge in [-0.3, -0.25) is 9.79 Å². The molecule has 1 aromatic heterocycles. The van der Waals surface area contributed by atoms with E-state index in [-0.39, 0.29) is 41.5 Å². The van der Waals surface area contributed by atoms with Crippen molar-refractivity contribution in [2.75, 3.05) is 20.1 Å². The number of amides is 1. The number of nitrogens with one attached hydrogen (secondary N) is 1. The van der Waals surface area contributed by atoms with Gasteiger partial charge >= 0.3 is 0 Å². The molecule has 0 unspecified atom stereocenters. The number of rotatable bonds is 3. The van der Waals surface area contributed by atoms with Gasteiger partial charge in [-0.25, -0.2) is 0 Å². The predicted octanol–water partition coefficient (Wildman–Crippen LogP) is 0.840. The minimum absolute atomic E-state index is 0. The molecule has 0 spiro atoms. The van der Waals surface area contributed by atoms with E-state index < -0.39 is 0 Å². The molecular formula is C15H28IN7O. The van der Waals surface area contributed by atoms with Crippen LogP contribution < -0.4 is 5.32 Å². The van der Waals surface area contributed by atoms with E-state index in [1.54, 1.807) is 13.4 Å². The number of aryl methyl sites for hydroxylation is 1. The molecule has 1 aliphatic heterocycles. The van der Waals surface area contributed by atoms with E-state index >= 15 is 0 Å².